The van der Waals surface area contributed by atoms with Crippen molar-refractivity contribution >= 4 is 6.08 Å². The molecule has 1 heterocycles. The third-order valence-corrected chi connectivity index (χ3v) is 4.41. The Kier molecular flexibility index (Phi) is 4.51. The van der Waals surface area contributed by atoms with E-state index in [0.717, 1.165) is 5.69 Å². The van der Waals surface area contributed by atoms with Crippen molar-refractivity contribution in [1.29, 1.82) is 0 Å². The molecule has 1 saturated carbocycles. The zero-order chi connectivity index (χ0) is 14.5. The SMILES string of the molecule is NC/C(=C/c1ccc(-n2ccnc2)cc1)C1CCCCC1. The summed E-state index contributed by atoms with van der Waals surface area (Å²) in [4.78, 5) is 4.08. The summed E-state index contributed by atoms with van der Waals surface area (Å²) in [5.41, 5.74) is 9.76. The maximum absolute atomic E-state index is 5.98. The van der Waals surface area contributed by atoms with E-state index >= 15 is 0 Å². The molecule has 21 heavy (non-hydrogen) atoms. The number of aromatic nitrogens is 2. The second kappa shape index (κ2) is 6.72. The fraction of sp³-hybridized carbons (Fsp3) is 0.389. The first-order chi connectivity index (χ1) is 10.4. The van der Waals surface area contributed by atoms with E-state index in [1.807, 2.05) is 17.1 Å². The molecule has 1 aliphatic carbocycles. The minimum absolute atomic E-state index is 0.675. The van der Waals surface area contributed by atoms with E-state index < -0.39 is 0 Å². The summed E-state index contributed by atoms with van der Waals surface area (Å²) < 4.78 is 2.01. The number of hydrogen-bond acceptors (Lipinski definition) is 2. The van der Waals surface area contributed by atoms with Gasteiger partial charge in [-0.05, 0) is 36.5 Å². The predicted molar refractivity (Wildman–Crippen MR) is 87.2 cm³/mol. The Morgan fingerprint density at radius 1 is 1.19 bits per heavy atom. The van der Waals surface area contributed by atoms with E-state index in [-0.39, 0.29) is 0 Å². The zero-order valence-electron chi connectivity index (χ0n) is 12.4. The van der Waals surface area contributed by atoms with Crippen LogP contribution in [0.25, 0.3) is 11.8 Å². The van der Waals surface area contributed by atoms with E-state index in [9.17, 15) is 0 Å². The Morgan fingerprint density at radius 2 is 1.95 bits per heavy atom. The summed E-state index contributed by atoms with van der Waals surface area (Å²) in [6.07, 6.45) is 14.5. The van der Waals surface area contributed by atoms with Crippen LogP contribution in [-0.2, 0) is 0 Å². The molecule has 0 spiro atoms. The molecular weight excluding hydrogens is 258 g/mol. The maximum Gasteiger partial charge on any atom is 0.0991 e. The maximum atomic E-state index is 5.98. The smallest absolute Gasteiger partial charge is 0.0991 e. The third kappa shape index (κ3) is 3.42. The molecule has 1 aliphatic rings. The minimum atomic E-state index is 0.675. The van der Waals surface area contributed by atoms with E-state index in [1.54, 1.807) is 6.20 Å². The van der Waals surface area contributed by atoms with Crippen LogP contribution < -0.4 is 5.73 Å². The molecule has 3 nitrogen and oxygen atoms in total. The van der Waals surface area contributed by atoms with Crippen LogP contribution in [-0.4, -0.2) is 16.1 Å². The molecule has 110 valence electrons. The molecule has 2 N–H and O–H groups in total. The molecule has 0 radical (unpaired) electrons. The first-order valence-corrected chi connectivity index (χ1v) is 7.86. The molecule has 1 aromatic carbocycles. The third-order valence-electron chi connectivity index (χ3n) is 4.41. The Labute approximate surface area is 126 Å². The number of imidazole rings is 1. The molecule has 0 saturated heterocycles. The topological polar surface area (TPSA) is 43.8 Å². The Balaban J connectivity index is 1.77. The summed E-state index contributed by atoms with van der Waals surface area (Å²) in [7, 11) is 0. The lowest BCUT2D eigenvalue weighted by Crippen LogP contribution is -2.16. The van der Waals surface area contributed by atoms with Gasteiger partial charge in [0.2, 0.25) is 0 Å². The normalized spacial score (nSPS) is 17.1. The quantitative estimate of drug-likeness (QED) is 0.926. The van der Waals surface area contributed by atoms with Crippen molar-refractivity contribution in [3.63, 3.8) is 0 Å². The lowest BCUT2D eigenvalue weighted by Gasteiger charge is -2.24. The molecule has 0 amide bonds. The van der Waals surface area contributed by atoms with Crippen molar-refractivity contribution in [2.75, 3.05) is 6.54 Å². The van der Waals surface area contributed by atoms with Gasteiger partial charge in [0, 0.05) is 24.6 Å². The van der Waals surface area contributed by atoms with Crippen molar-refractivity contribution in [2.24, 2.45) is 11.7 Å². The van der Waals surface area contributed by atoms with Gasteiger partial charge >= 0.3 is 0 Å². The van der Waals surface area contributed by atoms with Gasteiger partial charge in [-0.1, -0.05) is 43.0 Å². The van der Waals surface area contributed by atoms with Crippen molar-refractivity contribution in [1.82, 2.24) is 9.55 Å². The molecular formula is C18H23N3. The molecule has 0 unspecified atom stereocenters. The van der Waals surface area contributed by atoms with Crippen LogP contribution in [0.2, 0.25) is 0 Å². The highest BCUT2D eigenvalue weighted by Crippen LogP contribution is 2.30. The van der Waals surface area contributed by atoms with Gasteiger partial charge in [0.15, 0.2) is 0 Å². The van der Waals surface area contributed by atoms with Crippen LogP contribution in [0.1, 0.15) is 37.7 Å². The highest BCUT2D eigenvalue weighted by molar-refractivity contribution is 5.55. The van der Waals surface area contributed by atoms with Gasteiger partial charge in [-0.15, -0.1) is 0 Å². The summed E-state index contributed by atoms with van der Waals surface area (Å²) in [6.45, 7) is 0.675. The lowest BCUT2D eigenvalue weighted by molar-refractivity contribution is 0.401. The zero-order valence-corrected chi connectivity index (χ0v) is 12.4. The molecule has 0 atom stereocenters. The summed E-state index contributed by atoms with van der Waals surface area (Å²) >= 11 is 0. The van der Waals surface area contributed by atoms with Gasteiger partial charge in [-0.25, -0.2) is 4.98 Å². The molecule has 1 aromatic heterocycles. The molecule has 3 rings (SSSR count). The standard InChI is InChI=1S/C18H23N3/c19-13-17(16-4-2-1-3-5-16)12-15-6-8-18(9-7-15)21-11-10-20-14-21/h6-12,14,16H,1-5,13,19H2/b17-12-. The highest BCUT2D eigenvalue weighted by atomic mass is 15.0. The fourth-order valence-electron chi connectivity index (χ4n) is 3.19. The van der Waals surface area contributed by atoms with Crippen LogP contribution in [0.5, 0.6) is 0 Å². The van der Waals surface area contributed by atoms with Gasteiger partial charge < -0.3 is 10.3 Å². The van der Waals surface area contributed by atoms with E-state index in [2.05, 4.69) is 35.3 Å². The predicted octanol–water partition coefficient (Wildman–Crippen LogP) is 3.79. The molecule has 0 aliphatic heterocycles. The summed E-state index contributed by atoms with van der Waals surface area (Å²) in [5.74, 6) is 0.692. The Hall–Kier alpha value is -1.87. The summed E-state index contributed by atoms with van der Waals surface area (Å²) in [6, 6.07) is 8.58. The number of hydrogen-bond donors (Lipinski definition) is 1. The van der Waals surface area contributed by atoms with Crippen molar-refractivity contribution in [3.05, 3.63) is 54.1 Å². The highest BCUT2D eigenvalue weighted by Gasteiger charge is 2.16. The summed E-state index contributed by atoms with van der Waals surface area (Å²) in [5, 5.41) is 0. The van der Waals surface area contributed by atoms with Gasteiger partial charge in [0.25, 0.3) is 0 Å². The number of benzene rings is 1. The van der Waals surface area contributed by atoms with Gasteiger partial charge in [-0.3, -0.25) is 0 Å². The number of rotatable bonds is 4. The van der Waals surface area contributed by atoms with Crippen LogP contribution in [0, 0.1) is 5.92 Å². The van der Waals surface area contributed by atoms with Crippen molar-refractivity contribution in [2.45, 2.75) is 32.1 Å². The molecule has 1 fully saturated rings. The fourth-order valence-corrected chi connectivity index (χ4v) is 3.19. The monoisotopic (exact) mass is 281 g/mol. The van der Waals surface area contributed by atoms with Gasteiger partial charge in [0.1, 0.15) is 0 Å². The van der Waals surface area contributed by atoms with E-state index in [4.69, 9.17) is 5.73 Å². The van der Waals surface area contributed by atoms with Crippen LogP contribution in [0.4, 0.5) is 0 Å². The molecule has 0 bridgehead atoms. The molecule has 2 aromatic rings. The van der Waals surface area contributed by atoms with Crippen molar-refractivity contribution < 1.29 is 0 Å². The van der Waals surface area contributed by atoms with Crippen LogP contribution >= 0.6 is 0 Å². The Bertz CT molecular complexity index is 575. The van der Waals surface area contributed by atoms with Crippen LogP contribution in [0.15, 0.2) is 48.6 Å². The lowest BCUT2D eigenvalue weighted by atomic mass is 9.83. The van der Waals surface area contributed by atoms with Gasteiger partial charge in [-0.2, -0.15) is 0 Å². The second-order valence-electron chi connectivity index (χ2n) is 5.82. The average Bonchev–Trinajstić information content (AvgIpc) is 3.08. The van der Waals surface area contributed by atoms with E-state index in [1.165, 1.54) is 43.2 Å². The minimum Gasteiger partial charge on any atom is -0.327 e. The Morgan fingerprint density at radius 3 is 2.57 bits per heavy atom. The average molecular weight is 281 g/mol. The van der Waals surface area contributed by atoms with Gasteiger partial charge in [0.05, 0.1) is 6.33 Å². The van der Waals surface area contributed by atoms with E-state index in [0.29, 0.717) is 12.5 Å². The first kappa shape index (κ1) is 14.1. The van der Waals surface area contributed by atoms with Crippen LogP contribution in [0.3, 0.4) is 0 Å². The largest absolute Gasteiger partial charge is 0.327 e. The second-order valence-corrected chi connectivity index (χ2v) is 5.82. The first-order valence-electron chi connectivity index (χ1n) is 7.86. The number of nitrogens with two attached hydrogens (primary N) is 1. The number of nitrogens with zero attached hydrogens (tertiary/aromatic N) is 2. The van der Waals surface area contributed by atoms with Crippen molar-refractivity contribution in [3.8, 4) is 5.69 Å². The molecule has 3 heteroatoms.